The molecule has 0 atom stereocenters. The van der Waals surface area contributed by atoms with E-state index in [0.29, 0.717) is 38.8 Å². The number of hydrogen-bond donors (Lipinski definition) is 0. The summed E-state index contributed by atoms with van der Waals surface area (Å²) in [5, 5.41) is 0. The molecule has 0 aromatic carbocycles. The van der Waals surface area contributed by atoms with E-state index in [9.17, 15) is 13.2 Å². The average Bonchev–Trinajstić information content (AvgIpc) is 2.55. The van der Waals surface area contributed by atoms with Crippen LogP contribution in [0.4, 0.5) is 19.1 Å². The van der Waals surface area contributed by atoms with Crippen LogP contribution in [0.5, 0.6) is 0 Å². The lowest BCUT2D eigenvalue weighted by atomic mass is 10.3. The van der Waals surface area contributed by atoms with E-state index >= 15 is 0 Å². The molecule has 1 saturated heterocycles. The van der Waals surface area contributed by atoms with Crippen LogP contribution in [0.15, 0.2) is 12.4 Å². The van der Waals surface area contributed by atoms with Crippen LogP contribution in [0.25, 0.3) is 0 Å². The highest BCUT2D eigenvalue weighted by molar-refractivity contribution is 5.31. The zero-order valence-electron chi connectivity index (χ0n) is 13.9. The zero-order valence-corrected chi connectivity index (χ0v) is 13.9. The highest BCUT2D eigenvalue weighted by atomic mass is 19.4. The number of hydrogen-bond acceptors (Lipinski definition) is 6. The summed E-state index contributed by atoms with van der Waals surface area (Å²) in [6.07, 6.45) is -3.01. The van der Waals surface area contributed by atoms with Gasteiger partial charge in [0.25, 0.3) is 0 Å². The second-order valence-corrected chi connectivity index (χ2v) is 5.40. The molecule has 0 aliphatic carbocycles. The molecule has 1 fully saturated rings. The van der Waals surface area contributed by atoms with E-state index in [1.54, 1.807) is 0 Å². The lowest BCUT2D eigenvalue weighted by molar-refractivity contribution is -0.147. The highest BCUT2D eigenvalue weighted by Crippen LogP contribution is 2.28. The van der Waals surface area contributed by atoms with Crippen LogP contribution in [0, 0.1) is 0 Å². The summed E-state index contributed by atoms with van der Waals surface area (Å²) in [6.45, 7) is 8.49. The molecule has 9 heteroatoms. The maximum atomic E-state index is 12.5. The van der Waals surface area contributed by atoms with Gasteiger partial charge < -0.3 is 14.4 Å². The lowest BCUT2D eigenvalue weighted by Crippen LogP contribution is -2.49. The van der Waals surface area contributed by atoms with Crippen molar-refractivity contribution in [1.29, 1.82) is 0 Å². The van der Waals surface area contributed by atoms with Gasteiger partial charge in [-0.25, -0.2) is 9.97 Å². The van der Waals surface area contributed by atoms with Crippen LogP contribution in [-0.2, 0) is 15.7 Å². The van der Waals surface area contributed by atoms with Crippen molar-refractivity contribution in [1.82, 2.24) is 14.9 Å². The quantitative estimate of drug-likeness (QED) is 0.703. The molecule has 1 aromatic rings. The third kappa shape index (κ3) is 5.29. The van der Waals surface area contributed by atoms with Crippen molar-refractivity contribution < 1.29 is 22.6 Å². The second-order valence-electron chi connectivity index (χ2n) is 5.40. The standard InChI is InChI=1S/C15H23F3N4O2/c1-3-23-13(24-4-2)11-21-5-7-22(8-6-21)14-19-9-12(10-20-14)15(16,17)18/h9-10,13H,3-8,11H2,1-2H3. The van der Waals surface area contributed by atoms with Gasteiger partial charge in [0.2, 0.25) is 5.95 Å². The molecule has 0 bridgehead atoms. The SMILES string of the molecule is CCOC(CN1CCN(c2ncc(C(F)(F)F)cn2)CC1)OCC. The van der Waals surface area contributed by atoms with Crippen molar-refractivity contribution >= 4 is 5.95 Å². The van der Waals surface area contributed by atoms with Gasteiger partial charge in [-0.05, 0) is 13.8 Å². The minimum Gasteiger partial charge on any atom is -0.352 e. The number of halogens is 3. The summed E-state index contributed by atoms with van der Waals surface area (Å²) >= 11 is 0. The van der Waals surface area contributed by atoms with Gasteiger partial charge in [-0.3, -0.25) is 4.90 Å². The van der Waals surface area contributed by atoms with Crippen LogP contribution in [0.1, 0.15) is 19.4 Å². The number of piperazine rings is 1. The maximum absolute atomic E-state index is 12.5. The Morgan fingerprint density at radius 3 is 2.04 bits per heavy atom. The number of alkyl halides is 3. The van der Waals surface area contributed by atoms with Crippen molar-refractivity contribution in [3.8, 4) is 0 Å². The van der Waals surface area contributed by atoms with Gasteiger partial charge in [0.15, 0.2) is 6.29 Å². The number of ether oxygens (including phenoxy) is 2. The Morgan fingerprint density at radius 2 is 1.58 bits per heavy atom. The van der Waals surface area contributed by atoms with E-state index in [1.165, 1.54) is 0 Å². The first-order valence-corrected chi connectivity index (χ1v) is 8.03. The molecule has 2 heterocycles. The van der Waals surface area contributed by atoms with Gasteiger partial charge in [-0.1, -0.05) is 0 Å². The molecular weight excluding hydrogens is 325 g/mol. The molecule has 24 heavy (non-hydrogen) atoms. The summed E-state index contributed by atoms with van der Waals surface area (Å²) in [5.74, 6) is 0.328. The topological polar surface area (TPSA) is 50.7 Å². The molecule has 6 nitrogen and oxygen atoms in total. The number of nitrogens with zero attached hydrogens (tertiary/aromatic N) is 4. The molecule has 0 radical (unpaired) electrons. The Hall–Kier alpha value is -1.45. The van der Waals surface area contributed by atoms with Gasteiger partial charge >= 0.3 is 6.18 Å². The molecule has 0 amide bonds. The Kier molecular flexibility index (Phi) is 6.76. The molecular formula is C15H23F3N4O2. The fourth-order valence-electron chi connectivity index (χ4n) is 2.50. The van der Waals surface area contributed by atoms with Crippen LogP contribution in [-0.4, -0.2) is 67.1 Å². The largest absolute Gasteiger partial charge is 0.419 e. The predicted octanol–water partition coefficient (Wildman–Crippen LogP) is 2.02. The molecule has 1 aliphatic heterocycles. The van der Waals surface area contributed by atoms with Gasteiger partial charge in [-0.2, -0.15) is 13.2 Å². The van der Waals surface area contributed by atoms with Gasteiger partial charge in [0, 0.05) is 58.3 Å². The second kappa shape index (κ2) is 8.59. The first-order chi connectivity index (χ1) is 11.4. The first-order valence-electron chi connectivity index (χ1n) is 8.03. The Balaban J connectivity index is 1.86. The number of anilines is 1. The van der Waals surface area contributed by atoms with E-state index in [1.807, 2.05) is 18.7 Å². The predicted molar refractivity (Wildman–Crippen MR) is 82.7 cm³/mol. The van der Waals surface area contributed by atoms with Crippen molar-refractivity contribution in [3.63, 3.8) is 0 Å². The maximum Gasteiger partial charge on any atom is 0.419 e. The number of aromatic nitrogens is 2. The molecule has 1 aromatic heterocycles. The monoisotopic (exact) mass is 348 g/mol. The van der Waals surface area contributed by atoms with Crippen molar-refractivity contribution in [3.05, 3.63) is 18.0 Å². The average molecular weight is 348 g/mol. The van der Waals surface area contributed by atoms with Gasteiger partial charge in [0.05, 0.1) is 5.56 Å². The van der Waals surface area contributed by atoms with Crippen molar-refractivity contribution in [2.24, 2.45) is 0 Å². The fraction of sp³-hybridized carbons (Fsp3) is 0.733. The summed E-state index contributed by atoms with van der Waals surface area (Å²) in [7, 11) is 0. The van der Waals surface area contributed by atoms with Crippen LogP contribution in [0.3, 0.4) is 0 Å². The molecule has 0 unspecified atom stereocenters. The third-order valence-electron chi connectivity index (χ3n) is 3.73. The molecule has 2 rings (SSSR count). The van der Waals surface area contributed by atoms with E-state index in [2.05, 4.69) is 14.9 Å². The minimum absolute atomic E-state index is 0.256. The zero-order chi connectivity index (χ0) is 17.6. The molecule has 1 aliphatic rings. The van der Waals surface area contributed by atoms with Crippen LogP contribution >= 0.6 is 0 Å². The molecule has 136 valence electrons. The van der Waals surface area contributed by atoms with Crippen molar-refractivity contribution in [2.45, 2.75) is 26.3 Å². The Morgan fingerprint density at radius 1 is 1.04 bits per heavy atom. The summed E-state index contributed by atoms with van der Waals surface area (Å²) in [4.78, 5) is 11.8. The Labute approximate surface area is 139 Å². The Bertz CT molecular complexity index is 484. The van der Waals surface area contributed by atoms with E-state index in [0.717, 1.165) is 25.5 Å². The number of rotatable bonds is 7. The van der Waals surface area contributed by atoms with Crippen LogP contribution < -0.4 is 4.90 Å². The van der Waals surface area contributed by atoms with Gasteiger partial charge in [0.1, 0.15) is 0 Å². The highest BCUT2D eigenvalue weighted by Gasteiger charge is 2.31. The van der Waals surface area contributed by atoms with Crippen molar-refractivity contribution in [2.75, 3.05) is 50.8 Å². The van der Waals surface area contributed by atoms with Gasteiger partial charge in [-0.15, -0.1) is 0 Å². The lowest BCUT2D eigenvalue weighted by Gasteiger charge is -2.36. The fourth-order valence-corrected chi connectivity index (χ4v) is 2.50. The van der Waals surface area contributed by atoms with Crippen LogP contribution in [0.2, 0.25) is 0 Å². The summed E-state index contributed by atoms with van der Waals surface area (Å²) in [6, 6.07) is 0. The smallest absolute Gasteiger partial charge is 0.352 e. The minimum atomic E-state index is -4.41. The third-order valence-corrected chi connectivity index (χ3v) is 3.73. The van der Waals surface area contributed by atoms with E-state index in [4.69, 9.17) is 9.47 Å². The normalized spacial score (nSPS) is 16.8. The summed E-state index contributed by atoms with van der Waals surface area (Å²) < 4.78 is 48.7. The van der Waals surface area contributed by atoms with E-state index < -0.39 is 11.7 Å². The molecule has 0 saturated carbocycles. The molecule has 0 spiro atoms. The molecule has 0 N–H and O–H groups in total. The van der Waals surface area contributed by atoms with E-state index in [-0.39, 0.29) is 6.29 Å². The first kappa shape index (κ1) is 18.9. The summed E-state index contributed by atoms with van der Waals surface area (Å²) in [5.41, 5.74) is -0.832.